The van der Waals surface area contributed by atoms with Gasteiger partial charge in [-0.15, -0.1) is 11.3 Å². The van der Waals surface area contributed by atoms with Gasteiger partial charge in [0.25, 0.3) is 0 Å². The molecule has 1 radical (unpaired) electrons. The Bertz CT molecular complexity index is 389. The smallest absolute Gasteiger partial charge is 0.234 e. The summed E-state index contributed by atoms with van der Waals surface area (Å²) in [6, 6.07) is 7.60. The van der Waals surface area contributed by atoms with E-state index in [9.17, 15) is 4.79 Å². The fourth-order valence-corrected chi connectivity index (χ4v) is 1.90. The highest BCUT2D eigenvalue weighted by Crippen LogP contribution is 2.22. The van der Waals surface area contributed by atoms with Crippen molar-refractivity contribution in [2.45, 2.75) is 0 Å². The lowest BCUT2D eigenvalue weighted by Gasteiger charge is -1.90. The largest absolute Gasteiger partial charge is 0.285 e. The van der Waals surface area contributed by atoms with Crippen molar-refractivity contribution in [2.75, 3.05) is 0 Å². The molecule has 0 fully saturated rings. The Hall–Kier alpha value is -1.15. The summed E-state index contributed by atoms with van der Waals surface area (Å²) in [5.74, 6) is 0. The zero-order valence-corrected chi connectivity index (χ0v) is 6.52. The third-order valence-electron chi connectivity index (χ3n) is 1.61. The SMILES string of the molecule is O=[C]c1cccc2sccc12. The van der Waals surface area contributed by atoms with Gasteiger partial charge in [0.05, 0.1) is 0 Å². The first-order chi connectivity index (χ1) is 5.42. The molecule has 1 heterocycles. The molecule has 0 unspecified atom stereocenters. The van der Waals surface area contributed by atoms with Crippen LogP contribution in [0, 0.1) is 0 Å². The van der Waals surface area contributed by atoms with Gasteiger partial charge in [-0.25, -0.2) is 0 Å². The molecule has 1 nitrogen and oxygen atoms in total. The second-order valence-corrected chi connectivity index (χ2v) is 3.19. The average molecular weight is 161 g/mol. The molecule has 0 spiro atoms. The zero-order valence-electron chi connectivity index (χ0n) is 5.70. The van der Waals surface area contributed by atoms with Crippen molar-refractivity contribution in [1.82, 2.24) is 0 Å². The molecule has 2 aromatic rings. The zero-order chi connectivity index (χ0) is 7.68. The van der Waals surface area contributed by atoms with Crippen LogP contribution in [0.15, 0.2) is 29.6 Å². The molecule has 1 aromatic heterocycles. The van der Waals surface area contributed by atoms with E-state index in [1.807, 2.05) is 29.9 Å². The van der Waals surface area contributed by atoms with E-state index in [0.717, 1.165) is 10.1 Å². The highest BCUT2D eigenvalue weighted by atomic mass is 32.1. The van der Waals surface area contributed by atoms with E-state index in [-0.39, 0.29) is 0 Å². The maximum absolute atomic E-state index is 10.4. The lowest BCUT2D eigenvalue weighted by atomic mass is 10.1. The molecule has 0 N–H and O–H groups in total. The second-order valence-electron chi connectivity index (χ2n) is 2.24. The maximum Gasteiger partial charge on any atom is 0.234 e. The number of hydrogen-bond donors (Lipinski definition) is 0. The molecule has 0 atom stereocenters. The number of benzene rings is 1. The standard InChI is InChI=1S/C9H5OS/c10-6-7-2-1-3-9-8(7)4-5-11-9/h1-5H. The number of fused-ring (bicyclic) bond motifs is 1. The van der Waals surface area contributed by atoms with Crippen LogP contribution in [0.3, 0.4) is 0 Å². The Morgan fingerprint density at radius 2 is 2.18 bits per heavy atom. The van der Waals surface area contributed by atoms with Crippen LogP contribution in [-0.2, 0) is 4.79 Å². The molecule has 1 aromatic carbocycles. The molecule has 2 rings (SSSR count). The van der Waals surface area contributed by atoms with Crippen LogP contribution < -0.4 is 0 Å². The van der Waals surface area contributed by atoms with Crippen molar-refractivity contribution in [3.63, 3.8) is 0 Å². The summed E-state index contributed by atoms with van der Waals surface area (Å²) in [7, 11) is 0. The number of hydrogen-bond acceptors (Lipinski definition) is 2. The summed E-state index contributed by atoms with van der Waals surface area (Å²) in [6.45, 7) is 0. The van der Waals surface area contributed by atoms with Gasteiger partial charge in [-0.05, 0) is 17.5 Å². The maximum atomic E-state index is 10.4. The van der Waals surface area contributed by atoms with Crippen LogP contribution in [0.25, 0.3) is 10.1 Å². The Labute approximate surface area is 68.3 Å². The van der Waals surface area contributed by atoms with Crippen LogP contribution in [0.4, 0.5) is 0 Å². The average Bonchev–Trinajstić information content (AvgIpc) is 2.50. The normalized spacial score (nSPS) is 10.2. The lowest BCUT2D eigenvalue weighted by Crippen LogP contribution is -1.77. The van der Waals surface area contributed by atoms with Crippen LogP contribution in [0.2, 0.25) is 0 Å². The summed E-state index contributed by atoms with van der Waals surface area (Å²) in [5, 5.41) is 2.98. The molecular formula is C9H5OS. The Morgan fingerprint density at radius 3 is 3.00 bits per heavy atom. The molecule has 0 bridgehead atoms. The van der Waals surface area contributed by atoms with E-state index in [1.165, 1.54) is 0 Å². The van der Waals surface area contributed by atoms with Crippen molar-refractivity contribution in [2.24, 2.45) is 0 Å². The van der Waals surface area contributed by atoms with Gasteiger partial charge >= 0.3 is 0 Å². The molecule has 0 aliphatic carbocycles. The van der Waals surface area contributed by atoms with Crippen molar-refractivity contribution in [3.05, 3.63) is 35.2 Å². The van der Waals surface area contributed by atoms with Gasteiger partial charge in [0, 0.05) is 15.6 Å². The summed E-state index contributed by atoms with van der Waals surface area (Å²) >= 11 is 1.64. The van der Waals surface area contributed by atoms with Gasteiger partial charge in [0.15, 0.2) is 0 Å². The van der Waals surface area contributed by atoms with Crippen LogP contribution in [-0.4, -0.2) is 6.29 Å². The van der Waals surface area contributed by atoms with E-state index in [4.69, 9.17) is 0 Å². The molecule has 0 amide bonds. The fourth-order valence-electron chi connectivity index (χ4n) is 1.08. The minimum atomic E-state index is 0.656. The molecular weight excluding hydrogens is 156 g/mol. The first-order valence-corrected chi connectivity index (χ1v) is 4.14. The predicted octanol–water partition coefficient (Wildman–Crippen LogP) is 2.36. The minimum Gasteiger partial charge on any atom is -0.285 e. The Balaban J connectivity index is 2.88. The Morgan fingerprint density at radius 1 is 1.27 bits per heavy atom. The highest BCUT2D eigenvalue weighted by molar-refractivity contribution is 7.17. The highest BCUT2D eigenvalue weighted by Gasteiger charge is 1.99. The van der Waals surface area contributed by atoms with E-state index < -0.39 is 0 Å². The van der Waals surface area contributed by atoms with Crippen molar-refractivity contribution >= 4 is 27.7 Å². The van der Waals surface area contributed by atoms with E-state index >= 15 is 0 Å². The van der Waals surface area contributed by atoms with E-state index in [0.29, 0.717) is 5.56 Å². The second kappa shape index (κ2) is 2.47. The van der Waals surface area contributed by atoms with Gasteiger partial charge in [0.2, 0.25) is 6.29 Å². The van der Waals surface area contributed by atoms with Crippen molar-refractivity contribution in [3.8, 4) is 0 Å². The van der Waals surface area contributed by atoms with Gasteiger partial charge in [0.1, 0.15) is 0 Å². The third-order valence-corrected chi connectivity index (χ3v) is 2.49. The first kappa shape index (κ1) is 6.55. The molecule has 0 aliphatic rings. The Kier molecular flexibility index (Phi) is 1.47. The monoisotopic (exact) mass is 161 g/mol. The quantitative estimate of drug-likeness (QED) is 0.627. The van der Waals surface area contributed by atoms with Gasteiger partial charge in [-0.3, -0.25) is 4.79 Å². The summed E-state index contributed by atoms with van der Waals surface area (Å²) < 4.78 is 1.14. The lowest BCUT2D eigenvalue weighted by molar-refractivity contribution is 0.563. The molecule has 53 valence electrons. The molecule has 11 heavy (non-hydrogen) atoms. The topological polar surface area (TPSA) is 17.1 Å². The molecule has 2 heteroatoms. The molecule has 0 aliphatic heterocycles. The van der Waals surface area contributed by atoms with E-state index in [1.54, 1.807) is 17.4 Å². The number of thiophene rings is 1. The molecule has 0 saturated heterocycles. The number of rotatable bonds is 1. The van der Waals surface area contributed by atoms with Crippen molar-refractivity contribution < 1.29 is 4.79 Å². The van der Waals surface area contributed by atoms with Crippen LogP contribution in [0.1, 0.15) is 5.56 Å². The van der Waals surface area contributed by atoms with Crippen molar-refractivity contribution in [1.29, 1.82) is 0 Å². The number of carbonyl (C=O) groups excluding carboxylic acids is 1. The van der Waals surface area contributed by atoms with Gasteiger partial charge < -0.3 is 0 Å². The van der Waals surface area contributed by atoms with Crippen LogP contribution in [0.5, 0.6) is 0 Å². The third kappa shape index (κ3) is 0.955. The van der Waals surface area contributed by atoms with Gasteiger partial charge in [-0.1, -0.05) is 12.1 Å². The van der Waals surface area contributed by atoms with Crippen LogP contribution >= 0.6 is 11.3 Å². The first-order valence-electron chi connectivity index (χ1n) is 3.26. The minimum absolute atomic E-state index is 0.656. The summed E-state index contributed by atoms with van der Waals surface area (Å²) in [4.78, 5) is 10.4. The van der Waals surface area contributed by atoms with E-state index in [2.05, 4.69) is 0 Å². The predicted molar refractivity (Wildman–Crippen MR) is 46.6 cm³/mol. The summed E-state index contributed by atoms with van der Waals surface area (Å²) in [5.41, 5.74) is 0.656. The molecule has 0 saturated carbocycles. The van der Waals surface area contributed by atoms with Gasteiger partial charge in [-0.2, -0.15) is 0 Å². The summed E-state index contributed by atoms with van der Waals surface area (Å²) in [6.07, 6.45) is 1.91. The fraction of sp³-hybridized carbons (Fsp3) is 0.